The lowest BCUT2D eigenvalue weighted by molar-refractivity contribution is -0.158. The number of fused-ring (bicyclic) bond motifs is 3. The molecule has 1 aliphatic carbocycles. The first-order valence-corrected chi connectivity index (χ1v) is 15.0. The number of benzene rings is 2. The van der Waals surface area contributed by atoms with E-state index < -0.39 is 59.1 Å². The van der Waals surface area contributed by atoms with Crippen molar-refractivity contribution >= 4 is 29.9 Å². The van der Waals surface area contributed by atoms with Crippen LogP contribution in [-0.2, 0) is 33.4 Å². The standard InChI is InChI=1S/C34H44N2O9/c1-20(18-28(38)45-34(5,6)7)29(31(40)41)36-30(39)26(16-17-27(37)44-33(2,3)4)35-32(42)43-19-25-23-14-10-8-12-21(23)22-13-9-11-15-24(22)25/h8-15,20,25-26,29H,16-19H2,1-7H3,(H,35,42)(H,36,39)(H,40,41)/t20-,26-,29-/m0/s1. The van der Waals surface area contributed by atoms with Crippen LogP contribution < -0.4 is 10.6 Å². The third-order valence-electron chi connectivity index (χ3n) is 7.05. The molecule has 2 aromatic rings. The van der Waals surface area contributed by atoms with Crippen molar-refractivity contribution in [2.24, 2.45) is 5.92 Å². The molecule has 11 nitrogen and oxygen atoms in total. The molecular formula is C34H44N2O9. The van der Waals surface area contributed by atoms with Gasteiger partial charge in [0.1, 0.15) is 29.9 Å². The molecule has 3 rings (SSSR count). The van der Waals surface area contributed by atoms with Gasteiger partial charge in [0.2, 0.25) is 5.91 Å². The summed E-state index contributed by atoms with van der Waals surface area (Å²) in [6.45, 7) is 11.7. The molecule has 11 heteroatoms. The Morgan fingerprint density at radius 1 is 0.800 bits per heavy atom. The zero-order valence-electron chi connectivity index (χ0n) is 27.0. The number of carboxylic acid groups (broad SMARTS) is 1. The van der Waals surface area contributed by atoms with Crippen LogP contribution in [-0.4, -0.2) is 64.9 Å². The van der Waals surface area contributed by atoms with Crippen LogP contribution in [0.4, 0.5) is 4.79 Å². The molecule has 244 valence electrons. The molecule has 2 amide bonds. The molecule has 45 heavy (non-hydrogen) atoms. The van der Waals surface area contributed by atoms with E-state index in [1.54, 1.807) is 41.5 Å². The molecule has 0 spiro atoms. The van der Waals surface area contributed by atoms with Crippen molar-refractivity contribution in [2.75, 3.05) is 6.61 Å². The van der Waals surface area contributed by atoms with Crippen LogP contribution in [0.1, 0.15) is 84.8 Å². The number of esters is 2. The molecule has 1 aliphatic rings. The molecule has 0 fully saturated rings. The highest BCUT2D eigenvalue weighted by Gasteiger charge is 2.34. The molecule has 2 aromatic carbocycles. The first-order chi connectivity index (χ1) is 20.9. The summed E-state index contributed by atoms with van der Waals surface area (Å²) in [7, 11) is 0. The maximum atomic E-state index is 13.4. The summed E-state index contributed by atoms with van der Waals surface area (Å²) in [5, 5.41) is 14.8. The van der Waals surface area contributed by atoms with Gasteiger partial charge in [-0.1, -0.05) is 55.5 Å². The van der Waals surface area contributed by atoms with Gasteiger partial charge >= 0.3 is 24.0 Å². The van der Waals surface area contributed by atoms with E-state index in [0.717, 1.165) is 22.3 Å². The molecule has 0 unspecified atom stereocenters. The van der Waals surface area contributed by atoms with Gasteiger partial charge in [0.15, 0.2) is 0 Å². The van der Waals surface area contributed by atoms with Crippen LogP contribution in [0, 0.1) is 5.92 Å². The Morgan fingerprint density at radius 3 is 1.82 bits per heavy atom. The topological polar surface area (TPSA) is 157 Å². The molecule has 0 radical (unpaired) electrons. The molecule has 0 aromatic heterocycles. The predicted octanol–water partition coefficient (Wildman–Crippen LogP) is 4.95. The first kappa shape index (κ1) is 35.1. The number of carbonyl (C=O) groups excluding carboxylic acids is 4. The number of carboxylic acids is 1. The van der Waals surface area contributed by atoms with Crippen LogP contribution in [0.5, 0.6) is 0 Å². The highest BCUT2D eigenvalue weighted by atomic mass is 16.6. The molecular weight excluding hydrogens is 580 g/mol. The lowest BCUT2D eigenvalue weighted by atomic mass is 9.97. The molecule has 0 heterocycles. The van der Waals surface area contributed by atoms with E-state index >= 15 is 0 Å². The smallest absolute Gasteiger partial charge is 0.407 e. The Kier molecular flexibility index (Phi) is 11.4. The highest BCUT2D eigenvalue weighted by Crippen LogP contribution is 2.44. The minimum Gasteiger partial charge on any atom is -0.480 e. The zero-order valence-corrected chi connectivity index (χ0v) is 27.0. The van der Waals surface area contributed by atoms with E-state index in [-0.39, 0.29) is 31.8 Å². The number of nitrogens with one attached hydrogen (secondary N) is 2. The second-order valence-electron chi connectivity index (χ2n) is 13.2. The van der Waals surface area contributed by atoms with Crippen molar-refractivity contribution in [2.45, 2.75) is 96.9 Å². The largest absolute Gasteiger partial charge is 0.480 e. The lowest BCUT2D eigenvalue weighted by Gasteiger charge is -2.26. The van der Waals surface area contributed by atoms with Crippen molar-refractivity contribution in [1.82, 2.24) is 10.6 Å². The number of amides is 2. The van der Waals surface area contributed by atoms with Gasteiger partial charge in [0.05, 0.1) is 6.42 Å². The van der Waals surface area contributed by atoms with Crippen molar-refractivity contribution in [1.29, 1.82) is 0 Å². The number of rotatable bonds is 12. The fourth-order valence-corrected chi connectivity index (χ4v) is 5.17. The third-order valence-corrected chi connectivity index (χ3v) is 7.05. The maximum absolute atomic E-state index is 13.4. The molecule has 0 aliphatic heterocycles. The van der Waals surface area contributed by atoms with Crippen molar-refractivity contribution < 1.29 is 43.3 Å². The van der Waals surface area contributed by atoms with Crippen LogP contribution in [0.2, 0.25) is 0 Å². The first-order valence-electron chi connectivity index (χ1n) is 15.0. The van der Waals surface area contributed by atoms with Gasteiger partial charge in [-0.3, -0.25) is 14.4 Å². The zero-order chi connectivity index (χ0) is 33.5. The highest BCUT2D eigenvalue weighted by molar-refractivity contribution is 5.90. The van der Waals surface area contributed by atoms with Gasteiger partial charge in [-0.2, -0.15) is 0 Å². The van der Waals surface area contributed by atoms with E-state index in [4.69, 9.17) is 14.2 Å². The summed E-state index contributed by atoms with van der Waals surface area (Å²) in [5.41, 5.74) is 2.59. The number of aliphatic carboxylic acids is 1. The minimum atomic E-state index is -1.47. The fraction of sp³-hybridized carbons (Fsp3) is 0.500. The average molecular weight is 625 g/mol. The number of hydrogen-bond donors (Lipinski definition) is 3. The monoisotopic (exact) mass is 624 g/mol. The van der Waals surface area contributed by atoms with Crippen molar-refractivity contribution in [3.8, 4) is 11.1 Å². The summed E-state index contributed by atoms with van der Waals surface area (Å²) in [6.07, 6.45) is -1.59. The minimum absolute atomic E-state index is 0.00899. The Hall–Kier alpha value is -4.41. The third kappa shape index (κ3) is 10.3. The van der Waals surface area contributed by atoms with Crippen molar-refractivity contribution in [3.63, 3.8) is 0 Å². The summed E-state index contributed by atoms with van der Waals surface area (Å²) >= 11 is 0. The Morgan fingerprint density at radius 2 is 1.31 bits per heavy atom. The van der Waals surface area contributed by atoms with Crippen LogP contribution >= 0.6 is 0 Å². The van der Waals surface area contributed by atoms with Gasteiger partial charge < -0.3 is 30.0 Å². The van der Waals surface area contributed by atoms with Gasteiger partial charge in [-0.05, 0) is 76.1 Å². The summed E-state index contributed by atoms with van der Waals surface area (Å²) in [4.78, 5) is 63.3. The van der Waals surface area contributed by atoms with Gasteiger partial charge in [0, 0.05) is 12.3 Å². The van der Waals surface area contributed by atoms with Crippen LogP contribution in [0.25, 0.3) is 11.1 Å². The van der Waals surface area contributed by atoms with E-state index in [1.807, 2.05) is 48.5 Å². The molecule has 0 saturated carbocycles. The SMILES string of the molecule is C[C@@H](CC(=O)OC(C)(C)C)[C@H](NC(=O)[C@H](CCC(=O)OC(C)(C)C)NC(=O)OCC1c2ccccc2-c2ccccc21)C(=O)O. The van der Waals surface area contributed by atoms with Crippen LogP contribution in [0.15, 0.2) is 48.5 Å². The number of hydrogen-bond acceptors (Lipinski definition) is 8. The second-order valence-corrected chi connectivity index (χ2v) is 13.2. The Bertz CT molecular complexity index is 1360. The quantitative estimate of drug-likeness (QED) is 0.219. The normalized spacial score (nSPS) is 14.6. The lowest BCUT2D eigenvalue weighted by Crippen LogP contribution is -2.54. The fourth-order valence-electron chi connectivity index (χ4n) is 5.17. The number of carbonyl (C=O) groups is 5. The van der Waals surface area contributed by atoms with Gasteiger partial charge in [-0.25, -0.2) is 9.59 Å². The summed E-state index contributed by atoms with van der Waals surface area (Å²) in [5.74, 6) is -4.50. The summed E-state index contributed by atoms with van der Waals surface area (Å²) < 4.78 is 16.2. The second kappa shape index (κ2) is 14.6. The molecule has 0 saturated heterocycles. The summed E-state index contributed by atoms with van der Waals surface area (Å²) in [6, 6.07) is 12.9. The van der Waals surface area contributed by atoms with Gasteiger partial charge in [-0.15, -0.1) is 0 Å². The van der Waals surface area contributed by atoms with E-state index in [2.05, 4.69) is 10.6 Å². The molecule has 3 atom stereocenters. The van der Waals surface area contributed by atoms with Crippen molar-refractivity contribution in [3.05, 3.63) is 59.7 Å². The Balaban J connectivity index is 1.72. The van der Waals surface area contributed by atoms with Gasteiger partial charge in [0.25, 0.3) is 0 Å². The number of ether oxygens (including phenoxy) is 3. The Labute approximate surface area is 264 Å². The molecule has 3 N–H and O–H groups in total. The predicted molar refractivity (Wildman–Crippen MR) is 166 cm³/mol. The van der Waals surface area contributed by atoms with E-state index in [9.17, 15) is 29.1 Å². The van der Waals surface area contributed by atoms with E-state index in [1.165, 1.54) is 6.92 Å². The average Bonchev–Trinajstić information content (AvgIpc) is 3.24. The number of alkyl carbamates (subject to hydrolysis) is 1. The molecule has 0 bridgehead atoms. The maximum Gasteiger partial charge on any atom is 0.407 e. The van der Waals surface area contributed by atoms with Crippen LogP contribution in [0.3, 0.4) is 0 Å². The van der Waals surface area contributed by atoms with E-state index in [0.29, 0.717) is 0 Å².